The molecule has 122 valence electrons. The maximum atomic E-state index is 12.0. The first-order valence-electron chi connectivity index (χ1n) is 6.30. The summed E-state index contributed by atoms with van der Waals surface area (Å²) in [7, 11) is 1.85. The molecule has 0 aliphatic carbocycles. The van der Waals surface area contributed by atoms with E-state index in [1.807, 2.05) is 42.1 Å². The fourth-order valence-electron chi connectivity index (χ4n) is 2.17. The van der Waals surface area contributed by atoms with E-state index in [1.54, 1.807) is 0 Å². The Balaban J connectivity index is 0.00000242. The van der Waals surface area contributed by atoms with E-state index in [0.29, 0.717) is 0 Å². The number of halogens is 4. The van der Waals surface area contributed by atoms with Crippen molar-refractivity contribution in [2.45, 2.75) is 18.6 Å². The number of rotatable bonds is 4. The lowest BCUT2D eigenvalue weighted by molar-refractivity contribution is -0.187. The van der Waals surface area contributed by atoms with Crippen molar-refractivity contribution >= 4 is 29.3 Å². The van der Waals surface area contributed by atoms with Crippen LogP contribution in [0.15, 0.2) is 30.5 Å². The number of para-hydroxylation sites is 1. The largest absolute Gasteiger partial charge is 0.455 e. The summed E-state index contributed by atoms with van der Waals surface area (Å²) in [5, 5.41) is 0.916. The van der Waals surface area contributed by atoms with Gasteiger partial charge in [-0.1, -0.05) is 18.2 Å². The van der Waals surface area contributed by atoms with Gasteiger partial charge < -0.3 is 15.0 Å². The van der Waals surface area contributed by atoms with Gasteiger partial charge in [-0.05, 0) is 11.6 Å². The number of benzene rings is 1. The van der Waals surface area contributed by atoms with E-state index < -0.39 is 24.8 Å². The Kier molecular flexibility index (Phi) is 5.85. The van der Waals surface area contributed by atoms with Crippen LogP contribution in [0.3, 0.4) is 0 Å². The van der Waals surface area contributed by atoms with Gasteiger partial charge in [0, 0.05) is 30.6 Å². The predicted octanol–water partition coefficient (Wildman–Crippen LogP) is 2.58. The van der Waals surface area contributed by atoms with Gasteiger partial charge in [0.05, 0.1) is 0 Å². The SMILES string of the molecule is Cl.Cn1cc(C[C@H](N)C(=O)OCC(F)(F)F)c2ccccc21. The molecule has 0 bridgehead atoms. The number of esters is 1. The van der Waals surface area contributed by atoms with Crippen molar-refractivity contribution in [1.29, 1.82) is 0 Å². The number of fused-ring (bicyclic) bond motifs is 1. The molecule has 0 aliphatic heterocycles. The fourth-order valence-corrected chi connectivity index (χ4v) is 2.17. The summed E-state index contributed by atoms with van der Waals surface area (Å²) >= 11 is 0. The van der Waals surface area contributed by atoms with Crippen molar-refractivity contribution in [1.82, 2.24) is 4.57 Å². The monoisotopic (exact) mass is 336 g/mol. The van der Waals surface area contributed by atoms with Crippen molar-refractivity contribution in [2.75, 3.05) is 6.61 Å². The molecule has 0 aliphatic rings. The highest BCUT2D eigenvalue weighted by atomic mass is 35.5. The van der Waals surface area contributed by atoms with Crippen molar-refractivity contribution in [3.05, 3.63) is 36.0 Å². The molecule has 0 spiro atoms. The summed E-state index contributed by atoms with van der Waals surface area (Å²) in [6, 6.07) is 6.38. The zero-order valence-corrected chi connectivity index (χ0v) is 12.6. The third kappa shape index (κ3) is 4.38. The molecule has 2 rings (SSSR count). The molecule has 0 amide bonds. The minimum Gasteiger partial charge on any atom is -0.455 e. The van der Waals surface area contributed by atoms with Crippen LogP contribution in [0.2, 0.25) is 0 Å². The molecular formula is C14H16ClF3N2O2. The second-order valence-corrected chi connectivity index (χ2v) is 4.82. The molecule has 22 heavy (non-hydrogen) atoms. The van der Waals surface area contributed by atoms with E-state index >= 15 is 0 Å². The average Bonchev–Trinajstić information content (AvgIpc) is 2.72. The molecule has 1 heterocycles. The summed E-state index contributed by atoms with van der Waals surface area (Å²) in [6.45, 7) is -1.62. The van der Waals surface area contributed by atoms with Gasteiger partial charge in [0.1, 0.15) is 6.04 Å². The first-order chi connectivity index (χ1) is 9.78. The molecule has 2 aromatic rings. The average molecular weight is 337 g/mol. The quantitative estimate of drug-likeness (QED) is 0.873. The second kappa shape index (κ2) is 7.02. The maximum absolute atomic E-state index is 12.0. The lowest BCUT2D eigenvalue weighted by atomic mass is 10.1. The normalized spacial score (nSPS) is 12.8. The smallest absolute Gasteiger partial charge is 0.422 e. The third-order valence-electron chi connectivity index (χ3n) is 3.10. The Morgan fingerprint density at radius 2 is 2.00 bits per heavy atom. The topological polar surface area (TPSA) is 57.2 Å². The first kappa shape index (κ1) is 18.3. The number of aryl methyl sites for hydroxylation is 1. The molecule has 0 unspecified atom stereocenters. The van der Waals surface area contributed by atoms with Gasteiger partial charge in [0.15, 0.2) is 6.61 Å². The number of hydrogen-bond acceptors (Lipinski definition) is 3. The van der Waals surface area contributed by atoms with Crippen molar-refractivity contribution in [3.8, 4) is 0 Å². The van der Waals surface area contributed by atoms with E-state index in [-0.39, 0.29) is 18.8 Å². The standard InChI is InChI=1S/C14H15F3N2O2.ClH/c1-19-7-9(10-4-2-3-5-12(10)19)6-11(18)13(20)21-8-14(15,16)17;/h2-5,7,11H,6,8,18H2,1H3;1H/t11-;/m0./s1. The van der Waals surface area contributed by atoms with Crippen LogP contribution in [0.5, 0.6) is 0 Å². The predicted molar refractivity (Wildman–Crippen MR) is 78.9 cm³/mol. The second-order valence-electron chi connectivity index (χ2n) is 4.82. The summed E-state index contributed by atoms with van der Waals surface area (Å²) in [5.41, 5.74) is 7.39. The van der Waals surface area contributed by atoms with Crippen LogP contribution in [-0.2, 0) is 23.0 Å². The zero-order valence-electron chi connectivity index (χ0n) is 11.8. The molecule has 0 saturated carbocycles. The lowest BCUT2D eigenvalue weighted by Gasteiger charge is -2.12. The Morgan fingerprint density at radius 3 is 2.64 bits per heavy atom. The Hall–Kier alpha value is -1.73. The van der Waals surface area contributed by atoms with Crippen LogP contribution in [0.25, 0.3) is 10.9 Å². The number of carbonyl (C=O) groups is 1. The highest BCUT2D eigenvalue weighted by molar-refractivity contribution is 5.85. The van der Waals surface area contributed by atoms with Gasteiger partial charge in [-0.2, -0.15) is 13.2 Å². The summed E-state index contributed by atoms with van der Waals surface area (Å²) in [4.78, 5) is 11.5. The molecule has 1 atom stereocenters. The third-order valence-corrected chi connectivity index (χ3v) is 3.10. The van der Waals surface area contributed by atoms with Gasteiger partial charge in [0.25, 0.3) is 0 Å². The van der Waals surface area contributed by atoms with E-state index in [0.717, 1.165) is 16.5 Å². The molecule has 0 saturated heterocycles. The van der Waals surface area contributed by atoms with E-state index in [2.05, 4.69) is 4.74 Å². The van der Waals surface area contributed by atoms with Crippen LogP contribution < -0.4 is 5.73 Å². The molecule has 1 aromatic heterocycles. The Morgan fingerprint density at radius 1 is 1.36 bits per heavy atom. The fraction of sp³-hybridized carbons (Fsp3) is 0.357. The van der Waals surface area contributed by atoms with Gasteiger partial charge in [-0.15, -0.1) is 12.4 Å². The van der Waals surface area contributed by atoms with Crippen LogP contribution >= 0.6 is 12.4 Å². The Labute approximate surface area is 131 Å². The molecule has 8 heteroatoms. The van der Waals surface area contributed by atoms with E-state index in [1.165, 1.54) is 0 Å². The van der Waals surface area contributed by atoms with E-state index in [9.17, 15) is 18.0 Å². The van der Waals surface area contributed by atoms with Crippen LogP contribution in [0.1, 0.15) is 5.56 Å². The highest BCUT2D eigenvalue weighted by Crippen LogP contribution is 2.21. The van der Waals surface area contributed by atoms with Gasteiger partial charge >= 0.3 is 12.1 Å². The van der Waals surface area contributed by atoms with Crippen LogP contribution in [0.4, 0.5) is 13.2 Å². The van der Waals surface area contributed by atoms with Gasteiger partial charge in [0.2, 0.25) is 0 Å². The minimum atomic E-state index is -4.55. The minimum absolute atomic E-state index is 0. The summed E-state index contributed by atoms with van der Waals surface area (Å²) in [6.07, 6.45) is -2.62. The molecule has 2 N–H and O–H groups in total. The van der Waals surface area contributed by atoms with E-state index in [4.69, 9.17) is 5.73 Å². The van der Waals surface area contributed by atoms with Gasteiger partial charge in [-0.3, -0.25) is 4.79 Å². The zero-order chi connectivity index (χ0) is 15.6. The molecule has 0 fully saturated rings. The van der Waals surface area contributed by atoms with Crippen molar-refractivity contribution < 1.29 is 22.7 Å². The van der Waals surface area contributed by atoms with Crippen molar-refractivity contribution in [3.63, 3.8) is 0 Å². The molecule has 1 aromatic carbocycles. The maximum Gasteiger partial charge on any atom is 0.422 e. The number of nitrogens with zero attached hydrogens (tertiary/aromatic N) is 1. The summed E-state index contributed by atoms with van der Waals surface area (Å²) in [5.74, 6) is -1.06. The summed E-state index contributed by atoms with van der Waals surface area (Å²) < 4.78 is 42.0. The highest BCUT2D eigenvalue weighted by Gasteiger charge is 2.31. The number of hydrogen-bond donors (Lipinski definition) is 1. The number of aromatic nitrogens is 1. The molecule has 0 radical (unpaired) electrons. The number of nitrogens with two attached hydrogens (primary N) is 1. The number of alkyl halides is 3. The number of ether oxygens (including phenoxy) is 1. The van der Waals surface area contributed by atoms with Crippen molar-refractivity contribution in [2.24, 2.45) is 12.8 Å². The van der Waals surface area contributed by atoms with Gasteiger partial charge in [-0.25, -0.2) is 0 Å². The Bertz CT molecular complexity index is 655. The molecular weight excluding hydrogens is 321 g/mol. The first-order valence-corrected chi connectivity index (χ1v) is 6.30. The van der Waals surface area contributed by atoms with Crippen LogP contribution in [-0.4, -0.2) is 29.4 Å². The van der Waals surface area contributed by atoms with Crippen LogP contribution in [0, 0.1) is 0 Å². The molecule has 4 nitrogen and oxygen atoms in total. The lowest BCUT2D eigenvalue weighted by Crippen LogP contribution is -2.36. The number of carbonyl (C=O) groups excluding carboxylic acids is 1.